The van der Waals surface area contributed by atoms with Gasteiger partial charge in [0.25, 0.3) is 0 Å². The van der Waals surface area contributed by atoms with Crippen LogP contribution < -0.4 is 5.32 Å². The van der Waals surface area contributed by atoms with Crippen molar-refractivity contribution in [2.24, 2.45) is 0 Å². The average molecular weight is 448 g/mol. The first-order valence-corrected chi connectivity index (χ1v) is 11.9. The molecular formula is C34H25N. The Kier molecular flexibility index (Phi) is 5.58. The largest absolute Gasteiger partial charge is 0.356 e. The molecule has 0 amide bonds. The third-order valence-electron chi connectivity index (χ3n) is 6.47. The van der Waals surface area contributed by atoms with Gasteiger partial charge in [-0.1, -0.05) is 115 Å². The van der Waals surface area contributed by atoms with E-state index in [1.807, 2.05) is 6.07 Å². The summed E-state index contributed by atoms with van der Waals surface area (Å²) in [6.07, 6.45) is 0. The van der Waals surface area contributed by atoms with E-state index < -0.39 is 0 Å². The lowest BCUT2D eigenvalue weighted by Gasteiger charge is -2.11. The van der Waals surface area contributed by atoms with Crippen molar-refractivity contribution in [2.45, 2.75) is 0 Å². The molecule has 166 valence electrons. The van der Waals surface area contributed by atoms with Gasteiger partial charge >= 0.3 is 0 Å². The van der Waals surface area contributed by atoms with Crippen LogP contribution in [0.25, 0.3) is 44.2 Å². The molecule has 0 aliphatic rings. The summed E-state index contributed by atoms with van der Waals surface area (Å²) in [4.78, 5) is 0. The second-order valence-corrected chi connectivity index (χ2v) is 8.75. The summed E-state index contributed by atoms with van der Waals surface area (Å²) in [6.45, 7) is 0. The van der Waals surface area contributed by atoms with E-state index in [0.29, 0.717) is 0 Å². The van der Waals surface area contributed by atoms with Gasteiger partial charge in [-0.2, -0.15) is 0 Å². The van der Waals surface area contributed by atoms with E-state index in [0.717, 1.165) is 11.4 Å². The van der Waals surface area contributed by atoms with Crippen molar-refractivity contribution in [2.75, 3.05) is 5.32 Å². The number of hydrogen-bond acceptors (Lipinski definition) is 1. The van der Waals surface area contributed by atoms with Gasteiger partial charge in [-0.15, -0.1) is 0 Å². The molecule has 0 fully saturated rings. The normalized spacial score (nSPS) is 10.9. The number of anilines is 2. The van der Waals surface area contributed by atoms with Gasteiger partial charge in [-0.25, -0.2) is 0 Å². The predicted octanol–water partition coefficient (Wildman–Crippen LogP) is 9.58. The Hall–Kier alpha value is -4.62. The van der Waals surface area contributed by atoms with Crippen LogP contribution in [0.1, 0.15) is 0 Å². The summed E-state index contributed by atoms with van der Waals surface area (Å²) in [5, 5.41) is 6.05. The van der Waals surface area contributed by atoms with Crippen LogP contribution in [0.5, 0.6) is 0 Å². The SMILES string of the molecule is c1ccc(-c2ccc(Nc3ccc(-c4ccc5cccc(-c6ccccc6)c5c4)cc3)cc2)cc1. The third kappa shape index (κ3) is 4.45. The number of nitrogens with one attached hydrogen (secondary N) is 1. The van der Waals surface area contributed by atoms with Gasteiger partial charge < -0.3 is 5.32 Å². The summed E-state index contributed by atoms with van der Waals surface area (Å²) in [6, 6.07) is 51.6. The van der Waals surface area contributed by atoms with Gasteiger partial charge in [-0.05, 0) is 74.5 Å². The number of fused-ring (bicyclic) bond motifs is 1. The molecule has 0 aliphatic heterocycles. The predicted molar refractivity (Wildman–Crippen MR) is 150 cm³/mol. The van der Waals surface area contributed by atoms with Crippen molar-refractivity contribution >= 4 is 22.1 Å². The van der Waals surface area contributed by atoms with Crippen LogP contribution in [0.4, 0.5) is 11.4 Å². The molecule has 0 aliphatic carbocycles. The number of hydrogen-bond donors (Lipinski definition) is 1. The molecular weight excluding hydrogens is 422 g/mol. The zero-order chi connectivity index (χ0) is 23.5. The maximum absolute atomic E-state index is 3.52. The molecule has 0 spiro atoms. The van der Waals surface area contributed by atoms with Crippen molar-refractivity contribution in [3.8, 4) is 33.4 Å². The van der Waals surface area contributed by atoms with Gasteiger partial charge in [0.05, 0.1) is 0 Å². The molecule has 0 heterocycles. The molecule has 0 saturated heterocycles. The van der Waals surface area contributed by atoms with Gasteiger partial charge in [-0.3, -0.25) is 0 Å². The van der Waals surface area contributed by atoms with Crippen LogP contribution in [0.2, 0.25) is 0 Å². The maximum Gasteiger partial charge on any atom is 0.0384 e. The summed E-state index contributed by atoms with van der Waals surface area (Å²) in [5.74, 6) is 0. The number of benzene rings is 6. The highest BCUT2D eigenvalue weighted by Gasteiger charge is 2.06. The Labute approximate surface area is 206 Å². The lowest BCUT2D eigenvalue weighted by molar-refractivity contribution is 1.53. The third-order valence-corrected chi connectivity index (χ3v) is 6.47. The molecule has 0 unspecified atom stereocenters. The van der Waals surface area contributed by atoms with E-state index >= 15 is 0 Å². The van der Waals surface area contributed by atoms with Crippen LogP contribution in [0.15, 0.2) is 146 Å². The van der Waals surface area contributed by atoms with Crippen molar-refractivity contribution in [1.82, 2.24) is 0 Å². The van der Waals surface area contributed by atoms with Gasteiger partial charge in [0.15, 0.2) is 0 Å². The highest BCUT2D eigenvalue weighted by molar-refractivity contribution is 5.99. The minimum Gasteiger partial charge on any atom is -0.356 e. The summed E-state index contributed by atoms with van der Waals surface area (Å²) >= 11 is 0. The Morgan fingerprint density at radius 1 is 0.343 bits per heavy atom. The topological polar surface area (TPSA) is 12.0 Å². The lowest BCUT2D eigenvalue weighted by Crippen LogP contribution is -1.90. The fourth-order valence-corrected chi connectivity index (χ4v) is 4.61. The van der Waals surface area contributed by atoms with Crippen molar-refractivity contribution in [3.05, 3.63) is 146 Å². The summed E-state index contributed by atoms with van der Waals surface area (Å²) in [5.41, 5.74) is 9.55. The highest BCUT2D eigenvalue weighted by Crippen LogP contribution is 2.33. The van der Waals surface area contributed by atoms with Crippen molar-refractivity contribution in [3.63, 3.8) is 0 Å². The Balaban J connectivity index is 1.25. The Morgan fingerprint density at radius 3 is 1.49 bits per heavy atom. The molecule has 0 aromatic heterocycles. The van der Waals surface area contributed by atoms with Crippen LogP contribution in [0, 0.1) is 0 Å². The fourth-order valence-electron chi connectivity index (χ4n) is 4.61. The molecule has 0 atom stereocenters. The molecule has 0 bridgehead atoms. The van der Waals surface area contributed by atoms with E-state index in [2.05, 4.69) is 145 Å². The quantitative estimate of drug-likeness (QED) is 0.277. The van der Waals surface area contributed by atoms with Gasteiger partial charge in [0.2, 0.25) is 0 Å². The molecule has 0 saturated carbocycles. The van der Waals surface area contributed by atoms with E-state index in [9.17, 15) is 0 Å². The summed E-state index contributed by atoms with van der Waals surface area (Å²) in [7, 11) is 0. The summed E-state index contributed by atoms with van der Waals surface area (Å²) < 4.78 is 0. The molecule has 0 radical (unpaired) electrons. The zero-order valence-corrected chi connectivity index (χ0v) is 19.4. The zero-order valence-electron chi connectivity index (χ0n) is 19.4. The van der Waals surface area contributed by atoms with Gasteiger partial charge in [0.1, 0.15) is 0 Å². The molecule has 1 N–H and O–H groups in total. The van der Waals surface area contributed by atoms with Crippen LogP contribution in [-0.4, -0.2) is 0 Å². The molecule has 6 aromatic carbocycles. The lowest BCUT2D eigenvalue weighted by atomic mass is 9.95. The fraction of sp³-hybridized carbons (Fsp3) is 0. The first-order chi connectivity index (χ1) is 17.3. The highest BCUT2D eigenvalue weighted by atomic mass is 14.9. The van der Waals surface area contributed by atoms with Crippen molar-refractivity contribution in [1.29, 1.82) is 0 Å². The minimum atomic E-state index is 1.08. The number of rotatable bonds is 5. The first-order valence-electron chi connectivity index (χ1n) is 11.9. The standard InChI is InChI=1S/C34H25N/c1-3-8-25(9-4-1)26-16-20-31(21-17-26)35-32-22-18-27(19-23-32)30-15-14-29-12-7-13-33(34(29)24-30)28-10-5-2-6-11-28/h1-24,35H. The monoisotopic (exact) mass is 447 g/mol. The second kappa shape index (κ2) is 9.32. The maximum atomic E-state index is 3.52. The minimum absolute atomic E-state index is 1.08. The molecule has 6 rings (SSSR count). The van der Waals surface area contributed by atoms with E-state index in [1.165, 1.54) is 44.2 Å². The van der Waals surface area contributed by atoms with Crippen LogP contribution >= 0.6 is 0 Å². The molecule has 1 nitrogen and oxygen atoms in total. The first kappa shape index (κ1) is 20.9. The van der Waals surface area contributed by atoms with Gasteiger partial charge in [0, 0.05) is 11.4 Å². The average Bonchev–Trinajstić information content (AvgIpc) is 2.94. The van der Waals surface area contributed by atoms with E-state index in [1.54, 1.807) is 0 Å². The van der Waals surface area contributed by atoms with Crippen LogP contribution in [0.3, 0.4) is 0 Å². The van der Waals surface area contributed by atoms with Crippen molar-refractivity contribution < 1.29 is 0 Å². The van der Waals surface area contributed by atoms with Crippen LogP contribution in [-0.2, 0) is 0 Å². The Bertz CT molecular complexity index is 1570. The van der Waals surface area contributed by atoms with E-state index in [-0.39, 0.29) is 0 Å². The Morgan fingerprint density at radius 2 is 0.857 bits per heavy atom. The molecule has 6 aromatic rings. The smallest absolute Gasteiger partial charge is 0.0384 e. The second-order valence-electron chi connectivity index (χ2n) is 8.75. The molecule has 35 heavy (non-hydrogen) atoms. The molecule has 1 heteroatoms. The van der Waals surface area contributed by atoms with E-state index in [4.69, 9.17) is 0 Å².